The first-order chi connectivity index (χ1) is 15.7. The molecular formula is C25H48N4O4. The van der Waals surface area contributed by atoms with Gasteiger partial charge in [-0.2, -0.15) is 0 Å². The number of nitrogens with one attached hydrogen (secondary N) is 1. The number of amides is 1. The van der Waals surface area contributed by atoms with Gasteiger partial charge in [0.1, 0.15) is 5.60 Å². The highest BCUT2D eigenvalue weighted by atomic mass is 16.6. The Morgan fingerprint density at radius 1 is 0.939 bits per heavy atom. The SMILES string of the molecule is CCCCCCCCCCCCCCn1cc(CC(CO)(CO)NC(=O)OC(C)(C)C)nn1. The Bertz CT molecular complexity index is 639. The number of aliphatic hydroxyl groups is 2. The number of hydrogen-bond donors (Lipinski definition) is 3. The summed E-state index contributed by atoms with van der Waals surface area (Å²) in [6.45, 7) is 7.44. The van der Waals surface area contributed by atoms with Crippen LogP contribution in [0.3, 0.4) is 0 Å². The Kier molecular flexibility index (Phi) is 14.3. The largest absolute Gasteiger partial charge is 0.444 e. The molecule has 1 rings (SSSR count). The lowest BCUT2D eigenvalue weighted by Crippen LogP contribution is -2.56. The zero-order chi connectivity index (χ0) is 24.6. The average molecular weight is 469 g/mol. The topological polar surface area (TPSA) is 110 Å². The van der Waals surface area contributed by atoms with Gasteiger partial charge in [-0.1, -0.05) is 82.8 Å². The number of hydrogen-bond acceptors (Lipinski definition) is 6. The van der Waals surface area contributed by atoms with Gasteiger partial charge in [-0.05, 0) is 27.2 Å². The maximum Gasteiger partial charge on any atom is 0.408 e. The molecule has 0 radical (unpaired) electrons. The molecule has 0 saturated carbocycles. The molecule has 0 bridgehead atoms. The van der Waals surface area contributed by atoms with Gasteiger partial charge >= 0.3 is 6.09 Å². The molecule has 0 aliphatic carbocycles. The Morgan fingerprint density at radius 2 is 1.45 bits per heavy atom. The van der Waals surface area contributed by atoms with E-state index in [9.17, 15) is 15.0 Å². The molecular weight excluding hydrogens is 420 g/mol. The van der Waals surface area contributed by atoms with Gasteiger partial charge in [-0.25, -0.2) is 4.79 Å². The summed E-state index contributed by atoms with van der Waals surface area (Å²) in [7, 11) is 0. The first kappa shape index (κ1) is 29.4. The van der Waals surface area contributed by atoms with E-state index < -0.39 is 30.4 Å². The molecule has 0 unspecified atom stereocenters. The van der Waals surface area contributed by atoms with E-state index in [-0.39, 0.29) is 6.42 Å². The molecule has 0 atom stereocenters. The molecule has 192 valence electrons. The molecule has 0 spiro atoms. The van der Waals surface area contributed by atoms with Crippen molar-refractivity contribution in [2.75, 3.05) is 13.2 Å². The Hall–Kier alpha value is -1.67. The molecule has 0 aliphatic heterocycles. The number of alkyl carbamates (subject to hydrolysis) is 1. The van der Waals surface area contributed by atoms with Gasteiger partial charge in [0.05, 0.1) is 24.4 Å². The molecule has 33 heavy (non-hydrogen) atoms. The molecule has 0 fully saturated rings. The lowest BCUT2D eigenvalue weighted by atomic mass is 9.96. The van der Waals surface area contributed by atoms with Gasteiger partial charge in [0, 0.05) is 19.2 Å². The number of ether oxygens (including phenoxy) is 1. The van der Waals surface area contributed by atoms with E-state index >= 15 is 0 Å². The van der Waals surface area contributed by atoms with Crippen LogP contribution in [0.2, 0.25) is 0 Å². The van der Waals surface area contributed by atoms with Crippen molar-refractivity contribution in [3.63, 3.8) is 0 Å². The fourth-order valence-corrected chi connectivity index (χ4v) is 3.80. The van der Waals surface area contributed by atoms with Crippen LogP contribution < -0.4 is 5.32 Å². The molecule has 1 heterocycles. The van der Waals surface area contributed by atoms with E-state index in [1.807, 2.05) is 6.20 Å². The number of carbonyl (C=O) groups excluding carboxylic acids is 1. The summed E-state index contributed by atoms with van der Waals surface area (Å²) in [5.41, 5.74) is -1.31. The number of aryl methyl sites for hydroxylation is 1. The molecule has 1 aromatic rings. The van der Waals surface area contributed by atoms with Gasteiger partial charge in [0.15, 0.2) is 0 Å². The van der Waals surface area contributed by atoms with Crippen LogP contribution in [-0.2, 0) is 17.7 Å². The molecule has 0 aromatic carbocycles. The Morgan fingerprint density at radius 3 is 1.94 bits per heavy atom. The summed E-state index contributed by atoms with van der Waals surface area (Å²) in [6.07, 6.45) is 17.0. The second-order valence-corrected chi connectivity index (χ2v) is 10.3. The fraction of sp³-hybridized carbons (Fsp3) is 0.880. The summed E-state index contributed by atoms with van der Waals surface area (Å²) in [5.74, 6) is 0. The highest BCUT2D eigenvalue weighted by Crippen LogP contribution is 2.15. The average Bonchev–Trinajstić information content (AvgIpc) is 3.19. The minimum Gasteiger partial charge on any atom is -0.444 e. The summed E-state index contributed by atoms with van der Waals surface area (Å²) >= 11 is 0. The highest BCUT2D eigenvalue weighted by Gasteiger charge is 2.34. The third kappa shape index (κ3) is 13.6. The van der Waals surface area contributed by atoms with Crippen molar-refractivity contribution in [3.05, 3.63) is 11.9 Å². The maximum atomic E-state index is 12.1. The van der Waals surface area contributed by atoms with E-state index in [4.69, 9.17) is 4.74 Å². The van der Waals surface area contributed by atoms with Crippen molar-refractivity contribution < 1.29 is 19.7 Å². The van der Waals surface area contributed by atoms with Crippen molar-refractivity contribution >= 4 is 6.09 Å². The van der Waals surface area contributed by atoms with Gasteiger partial charge < -0.3 is 20.3 Å². The third-order valence-corrected chi connectivity index (χ3v) is 5.72. The van der Waals surface area contributed by atoms with E-state index in [1.165, 1.54) is 70.6 Å². The summed E-state index contributed by atoms with van der Waals surface area (Å²) in [5, 5.41) is 30.6. The van der Waals surface area contributed by atoms with Crippen LogP contribution in [0.15, 0.2) is 6.20 Å². The van der Waals surface area contributed by atoms with Crippen LogP contribution in [0.4, 0.5) is 4.79 Å². The van der Waals surface area contributed by atoms with Gasteiger partial charge in [0.2, 0.25) is 0 Å². The van der Waals surface area contributed by atoms with E-state index in [1.54, 1.807) is 25.5 Å². The van der Waals surface area contributed by atoms with Crippen LogP contribution in [0.25, 0.3) is 0 Å². The molecule has 0 saturated heterocycles. The summed E-state index contributed by atoms with van der Waals surface area (Å²) in [4.78, 5) is 12.1. The van der Waals surface area contributed by atoms with Crippen LogP contribution in [-0.4, -0.2) is 55.7 Å². The van der Waals surface area contributed by atoms with Gasteiger partial charge in [-0.3, -0.25) is 4.68 Å². The first-order valence-electron chi connectivity index (χ1n) is 12.9. The van der Waals surface area contributed by atoms with Crippen LogP contribution in [0, 0.1) is 0 Å². The second-order valence-electron chi connectivity index (χ2n) is 10.3. The minimum atomic E-state index is -1.25. The van der Waals surface area contributed by atoms with Crippen molar-refractivity contribution in [2.24, 2.45) is 0 Å². The zero-order valence-electron chi connectivity index (χ0n) is 21.4. The molecule has 1 amide bonds. The second kappa shape index (κ2) is 16.0. The summed E-state index contributed by atoms with van der Waals surface area (Å²) in [6, 6.07) is 0. The smallest absolute Gasteiger partial charge is 0.408 e. The zero-order valence-corrected chi connectivity index (χ0v) is 21.4. The number of unbranched alkanes of at least 4 members (excludes halogenated alkanes) is 11. The number of aromatic nitrogens is 3. The molecule has 8 nitrogen and oxygen atoms in total. The van der Waals surface area contributed by atoms with E-state index in [0.717, 1.165) is 13.0 Å². The van der Waals surface area contributed by atoms with Crippen LogP contribution in [0.1, 0.15) is 110 Å². The summed E-state index contributed by atoms with van der Waals surface area (Å²) < 4.78 is 7.04. The van der Waals surface area contributed by atoms with E-state index in [2.05, 4.69) is 22.6 Å². The minimum absolute atomic E-state index is 0.164. The Balaban J connectivity index is 2.28. The van der Waals surface area contributed by atoms with E-state index in [0.29, 0.717) is 5.69 Å². The number of nitrogens with zero attached hydrogens (tertiary/aromatic N) is 3. The normalized spacial score (nSPS) is 12.2. The quantitative estimate of drug-likeness (QED) is 0.268. The van der Waals surface area contributed by atoms with Crippen molar-refractivity contribution in [3.8, 4) is 0 Å². The van der Waals surface area contributed by atoms with Crippen molar-refractivity contribution in [1.82, 2.24) is 20.3 Å². The predicted molar refractivity (Wildman–Crippen MR) is 131 cm³/mol. The number of rotatable bonds is 18. The molecule has 1 aromatic heterocycles. The van der Waals surface area contributed by atoms with Gasteiger partial charge in [0.25, 0.3) is 0 Å². The first-order valence-corrected chi connectivity index (χ1v) is 12.9. The number of carbonyl (C=O) groups is 1. The van der Waals surface area contributed by atoms with Crippen molar-refractivity contribution in [2.45, 2.75) is 129 Å². The van der Waals surface area contributed by atoms with Crippen LogP contribution in [0.5, 0.6) is 0 Å². The standard InChI is InChI=1S/C25H48N4O4/c1-5-6-7-8-9-10-11-12-13-14-15-16-17-29-19-22(27-28-29)18-25(20-30,21-31)26-23(32)33-24(2,3)4/h19,30-31H,5-18,20-21H2,1-4H3,(H,26,32). The number of aliphatic hydroxyl groups excluding tert-OH is 2. The monoisotopic (exact) mass is 468 g/mol. The maximum absolute atomic E-state index is 12.1. The third-order valence-electron chi connectivity index (χ3n) is 5.72. The van der Waals surface area contributed by atoms with Crippen molar-refractivity contribution in [1.29, 1.82) is 0 Å². The lowest BCUT2D eigenvalue weighted by Gasteiger charge is -2.31. The molecule has 8 heteroatoms. The molecule has 0 aliphatic rings. The lowest BCUT2D eigenvalue weighted by molar-refractivity contribution is 0.0293. The fourth-order valence-electron chi connectivity index (χ4n) is 3.80. The van der Waals surface area contributed by atoms with Gasteiger partial charge in [-0.15, -0.1) is 5.10 Å². The Labute approximate surface area is 200 Å². The highest BCUT2D eigenvalue weighted by molar-refractivity contribution is 5.69. The molecule has 3 N–H and O–H groups in total. The predicted octanol–water partition coefficient (Wildman–Crippen LogP) is 4.77. The van der Waals surface area contributed by atoms with Crippen LogP contribution >= 0.6 is 0 Å².